The Labute approximate surface area is 213 Å². The first-order chi connectivity index (χ1) is 18.0. The van der Waals surface area contributed by atoms with Crippen molar-refractivity contribution in [1.82, 2.24) is 0 Å². The third-order valence-electron chi connectivity index (χ3n) is 6.92. The molecule has 2 fully saturated rings. The van der Waals surface area contributed by atoms with Gasteiger partial charge in [0.15, 0.2) is 11.0 Å². The molecule has 38 heavy (non-hydrogen) atoms. The molecule has 5 rings (SSSR count). The van der Waals surface area contributed by atoms with Gasteiger partial charge < -0.3 is 59.8 Å². The monoisotopic (exact) mass is 534 g/mol. The molecule has 1 aromatic heterocycles. The summed E-state index contributed by atoms with van der Waals surface area (Å²) in [6.07, 6.45) is -13.3. The smallest absolute Gasteiger partial charge is 0.197 e. The highest BCUT2D eigenvalue weighted by Gasteiger charge is 2.46. The number of phenolic OH excluding ortho intramolecular Hbond substituents is 3. The fourth-order valence-electron chi connectivity index (χ4n) is 4.83. The fourth-order valence-corrected chi connectivity index (χ4v) is 4.83. The summed E-state index contributed by atoms with van der Waals surface area (Å²) in [7, 11) is 0. The van der Waals surface area contributed by atoms with E-state index >= 15 is 0 Å². The predicted molar refractivity (Wildman–Crippen MR) is 126 cm³/mol. The zero-order valence-corrected chi connectivity index (χ0v) is 19.6. The summed E-state index contributed by atoms with van der Waals surface area (Å²) in [5.74, 6) is -1.80. The van der Waals surface area contributed by atoms with Crippen LogP contribution in [-0.2, 0) is 9.47 Å². The first kappa shape index (κ1) is 26.3. The Morgan fingerprint density at radius 1 is 0.684 bits per heavy atom. The van der Waals surface area contributed by atoms with Gasteiger partial charge in [0.25, 0.3) is 0 Å². The maximum atomic E-state index is 13.3. The second-order valence-corrected chi connectivity index (χ2v) is 9.36. The lowest BCUT2D eigenvalue weighted by molar-refractivity contribution is -0.191. The average Bonchev–Trinajstić information content (AvgIpc) is 2.88. The summed E-state index contributed by atoms with van der Waals surface area (Å²) < 4.78 is 16.8. The number of hydrogen-bond donors (Lipinski definition) is 9. The Balaban J connectivity index is 1.80. The highest BCUT2D eigenvalue weighted by atomic mass is 16.5. The molecule has 13 nitrogen and oxygen atoms in total. The van der Waals surface area contributed by atoms with Gasteiger partial charge in [0.2, 0.25) is 0 Å². The zero-order chi connectivity index (χ0) is 27.5. The predicted octanol–water partition coefficient (Wildman–Crippen LogP) is -1.12. The summed E-state index contributed by atoms with van der Waals surface area (Å²) in [5, 5.41) is 93.1. The molecular weight excluding hydrogens is 508 g/mol. The largest absolute Gasteiger partial charge is 0.508 e. The van der Waals surface area contributed by atoms with Gasteiger partial charge in [0, 0.05) is 11.6 Å². The number of aliphatic hydroxyl groups excluding tert-OH is 6. The van der Waals surface area contributed by atoms with Crippen LogP contribution in [0.3, 0.4) is 0 Å². The normalized spacial score (nSPS) is 31.9. The fraction of sp³-hybridized carbons (Fsp3) is 0.400. The molecule has 9 N–H and O–H groups in total. The van der Waals surface area contributed by atoms with Gasteiger partial charge >= 0.3 is 0 Å². The highest BCUT2D eigenvalue weighted by Crippen LogP contribution is 2.50. The first-order valence-electron chi connectivity index (χ1n) is 11.7. The van der Waals surface area contributed by atoms with Crippen LogP contribution < -0.4 is 5.43 Å². The Morgan fingerprint density at radius 2 is 1.21 bits per heavy atom. The summed E-state index contributed by atoms with van der Waals surface area (Å²) in [4.78, 5) is 13.3. The van der Waals surface area contributed by atoms with Crippen LogP contribution in [0.5, 0.6) is 17.2 Å². The van der Waals surface area contributed by atoms with Crippen LogP contribution in [0, 0.1) is 0 Å². The Hall–Kier alpha value is -3.27. The van der Waals surface area contributed by atoms with Gasteiger partial charge in [0.05, 0.1) is 24.3 Å². The number of hydrogen-bond acceptors (Lipinski definition) is 13. The third-order valence-corrected chi connectivity index (χ3v) is 6.92. The molecule has 2 aliphatic heterocycles. The minimum atomic E-state index is -1.85. The van der Waals surface area contributed by atoms with Crippen molar-refractivity contribution in [2.45, 2.75) is 48.8 Å². The second-order valence-electron chi connectivity index (χ2n) is 9.36. The molecule has 0 bridgehead atoms. The summed E-state index contributed by atoms with van der Waals surface area (Å²) >= 11 is 0. The zero-order valence-electron chi connectivity index (χ0n) is 19.6. The molecule has 0 unspecified atom stereocenters. The van der Waals surface area contributed by atoms with E-state index in [-0.39, 0.29) is 11.5 Å². The van der Waals surface area contributed by atoms with E-state index in [9.17, 15) is 50.8 Å². The van der Waals surface area contributed by atoms with Crippen LogP contribution >= 0.6 is 0 Å². The van der Waals surface area contributed by atoms with E-state index in [1.165, 1.54) is 24.3 Å². The molecule has 2 aliphatic rings. The van der Waals surface area contributed by atoms with Gasteiger partial charge in [-0.15, -0.1) is 0 Å². The van der Waals surface area contributed by atoms with Gasteiger partial charge in [-0.1, -0.05) is 0 Å². The molecule has 3 aromatic rings. The standard InChI is InChI=1S/C25H26O13/c26-9-3-1-8(2-4-9)13-5-10(27)14-19(32)15(24-21(34)17(30)11(28)6-36-24)20(33)16(23(14)38-13)25-22(35)18(31)12(29)7-37-25/h1-5,11-12,17-18,21-22,24-26,28-35H,6-7H2/t11-,12-,17-,18-,21-,22-,24+,25+/m1/s1. The maximum absolute atomic E-state index is 13.3. The van der Waals surface area contributed by atoms with Crippen molar-refractivity contribution in [3.05, 3.63) is 51.7 Å². The lowest BCUT2D eigenvalue weighted by atomic mass is 9.87. The number of aromatic hydroxyl groups is 3. The number of aliphatic hydroxyl groups is 6. The number of rotatable bonds is 3. The number of benzene rings is 2. The SMILES string of the molecule is O=c1cc(-c2ccc(O)cc2)oc2c([C@@H]3OC[C@@H](O)[C@@H](O)[C@H]3O)c(O)c([C@@H]3OC[C@@H](O)[C@@H](O)[C@H]3O)c(O)c12. The van der Waals surface area contributed by atoms with E-state index in [2.05, 4.69) is 0 Å². The van der Waals surface area contributed by atoms with Crippen LogP contribution in [0.1, 0.15) is 23.3 Å². The Morgan fingerprint density at radius 3 is 1.76 bits per heavy atom. The summed E-state index contributed by atoms with van der Waals surface area (Å²) in [6, 6.07) is 6.60. The van der Waals surface area contributed by atoms with Crippen LogP contribution in [0.15, 0.2) is 39.5 Å². The molecule has 0 amide bonds. The van der Waals surface area contributed by atoms with E-state index < -0.39 is 101 Å². The van der Waals surface area contributed by atoms with E-state index in [4.69, 9.17) is 13.9 Å². The van der Waals surface area contributed by atoms with Crippen LogP contribution in [-0.4, -0.2) is 95.8 Å². The molecule has 3 heterocycles. The molecule has 0 saturated carbocycles. The second kappa shape index (κ2) is 9.80. The van der Waals surface area contributed by atoms with Crippen molar-refractivity contribution < 1.29 is 59.8 Å². The lowest BCUT2D eigenvalue weighted by Crippen LogP contribution is -2.49. The Kier molecular flexibility index (Phi) is 6.79. The van der Waals surface area contributed by atoms with Gasteiger partial charge in [-0.2, -0.15) is 0 Å². The molecule has 204 valence electrons. The third kappa shape index (κ3) is 4.19. The molecule has 13 heteroatoms. The number of ether oxygens (including phenoxy) is 2. The van der Waals surface area contributed by atoms with Crippen LogP contribution in [0.2, 0.25) is 0 Å². The quantitative estimate of drug-likeness (QED) is 0.194. The highest BCUT2D eigenvalue weighted by molar-refractivity contribution is 5.91. The maximum Gasteiger partial charge on any atom is 0.197 e. The topological polar surface area (TPSA) is 231 Å². The Bertz CT molecular complexity index is 1400. The molecule has 0 spiro atoms. The molecule has 8 atom stereocenters. The van der Waals surface area contributed by atoms with Gasteiger partial charge in [0.1, 0.15) is 77.2 Å². The lowest BCUT2D eigenvalue weighted by Gasteiger charge is -2.38. The summed E-state index contributed by atoms with van der Waals surface area (Å²) in [6.45, 7) is -0.966. The van der Waals surface area contributed by atoms with Crippen molar-refractivity contribution in [1.29, 1.82) is 0 Å². The van der Waals surface area contributed by atoms with Crippen molar-refractivity contribution >= 4 is 11.0 Å². The van der Waals surface area contributed by atoms with E-state index in [0.717, 1.165) is 6.07 Å². The van der Waals surface area contributed by atoms with Crippen molar-refractivity contribution in [2.75, 3.05) is 13.2 Å². The van der Waals surface area contributed by atoms with Gasteiger partial charge in [-0.25, -0.2) is 0 Å². The van der Waals surface area contributed by atoms with E-state index in [1.54, 1.807) is 0 Å². The summed E-state index contributed by atoms with van der Waals surface area (Å²) in [5.41, 5.74) is -1.86. The van der Waals surface area contributed by atoms with Crippen molar-refractivity contribution in [2.24, 2.45) is 0 Å². The minimum absolute atomic E-state index is 0.0475. The van der Waals surface area contributed by atoms with Crippen LogP contribution in [0.25, 0.3) is 22.3 Å². The molecule has 0 radical (unpaired) electrons. The molecule has 0 aliphatic carbocycles. The van der Waals surface area contributed by atoms with Gasteiger partial charge in [-0.3, -0.25) is 4.79 Å². The number of phenols is 3. The molecular formula is C25H26O13. The average molecular weight is 534 g/mol. The number of fused-ring (bicyclic) bond motifs is 1. The molecule has 2 aromatic carbocycles. The minimum Gasteiger partial charge on any atom is -0.508 e. The van der Waals surface area contributed by atoms with E-state index in [1.807, 2.05) is 0 Å². The first-order valence-corrected chi connectivity index (χ1v) is 11.7. The van der Waals surface area contributed by atoms with Crippen molar-refractivity contribution in [3.63, 3.8) is 0 Å². The van der Waals surface area contributed by atoms with Gasteiger partial charge in [-0.05, 0) is 24.3 Å². The van der Waals surface area contributed by atoms with Crippen molar-refractivity contribution in [3.8, 4) is 28.6 Å². The van der Waals surface area contributed by atoms with E-state index in [0.29, 0.717) is 5.56 Å². The molecule has 2 saturated heterocycles. The van der Waals surface area contributed by atoms with Crippen LogP contribution in [0.4, 0.5) is 0 Å².